The molecule has 11 heteroatoms. The lowest BCUT2D eigenvalue weighted by molar-refractivity contribution is -0.141. The zero-order valence-electron chi connectivity index (χ0n) is 17.2. The Hall–Kier alpha value is -2.91. The van der Waals surface area contributed by atoms with Gasteiger partial charge in [0.25, 0.3) is 0 Å². The maximum Gasteiger partial charge on any atom is 0.433 e. The molecular weight excluding hydrogens is 478 g/mol. The van der Waals surface area contributed by atoms with Crippen LogP contribution in [0, 0.1) is 0 Å². The highest BCUT2D eigenvalue weighted by atomic mass is 35.5. The third-order valence-corrected chi connectivity index (χ3v) is 5.71. The number of nitrogens with one attached hydrogen (secondary N) is 1. The van der Waals surface area contributed by atoms with Gasteiger partial charge in [0.05, 0.1) is 15.6 Å². The van der Waals surface area contributed by atoms with Gasteiger partial charge >= 0.3 is 6.18 Å². The zero-order valence-corrected chi connectivity index (χ0v) is 18.7. The van der Waals surface area contributed by atoms with E-state index in [9.17, 15) is 18.0 Å². The number of nitrogens with zero attached hydrogens (tertiary/aromatic N) is 4. The quantitative estimate of drug-likeness (QED) is 0.425. The van der Waals surface area contributed by atoms with Crippen molar-refractivity contribution >= 4 is 46.6 Å². The number of Topliss-reactive ketones (excluding diaryl/α,β-unsaturated/α-hetero) is 1. The van der Waals surface area contributed by atoms with Crippen molar-refractivity contribution in [1.82, 2.24) is 15.0 Å². The van der Waals surface area contributed by atoms with Crippen LogP contribution in [0.3, 0.4) is 0 Å². The van der Waals surface area contributed by atoms with Crippen molar-refractivity contribution in [1.29, 1.82) is 0 Å². The highest BCUT2D eigenvalue weighted by Gasteiger charge is 2.34. The van der Waals surface area contributed by atoms with Crippen LogP contribution >= 0.6 is 23.2 Å². The molecule has 0 saturated carbocycles. The SMILES string of the molecule is O=C(Cc1ccnc(Nc2cc(C(F)(F)F)nc(N3CCCC3)n2)c1)c1c(Cl)cccc1Cl. The first-order valence-electron chi connectivity index (χ1n) is 10.1. The second-order valence-corrected chi connectivity index (χ2v) is 8.32. The summed E-state index contributed by atoms with van der Waals surface area (Å²) in [5.74, 6) is -0.0703. The van der Waals surface area contributed by atoms with Crippen molar-refractivity contribution in [2.45, 2.75) is 25.4 Å². The van der Waals surface area contributed by atoms with Gasteiger partial charge in [0, 0.05) is 31.8 Å². The number of rotatable bonds is 6. The van der Waals surface area contributed by atoms with Crippen LogP contribution in [0.2, 0.25) is 10.0 Å². The minimum absolute atomic E-state index is 0.0166. The number of carbonyl (C=O) groups excluding carboxylic acids is 1. The van der Waals surface area contributed by atoms with E-state index in [0.717, 1.165) is 18.9 Å². The Balaban J connectivity index is 1.58. The summed E-state index contributed by atoms with van der Waals surface area (Å²) < 4.78 is 40.2. The molecule has 33 heavy (non-hydrogen) atoms. The Morgan fingerprint density at radius 3 is 2.39 bits per heavy atom. The van der Waals surface area contributed by atoms with Crippen molar-refractivity contribution in [2.24, 2.45) is 0 Å². The summed E-state index contributed by atoms with van der Waals surface area (Å²) in [6, 6.07) is 8.82. The molecular formula is C22H18Cl2F3N5O. The highest BCUT2D eigenvalue weighted by Crippen LogP contribution is 2.32. The Morgan fingerprint density at radius 1 is 1.03 bits per heavy atom. The van der Waals surface area contributed by atoms with E-state index in [-0.39, 0.29) is 45.4 Å². The number of halogens is 5. The van der Waals surface area contributed by atoms with Crippen molar-refractivity contribution in [2.75, 3.05) is 23.3 Å². The standard InChI is InChI=1S/C22H18Cl2F3N5O/c23-14-4-3-5-15(24)20(14)16(33)10-13-6-7-28-18(11-13)30-19-12-17(22(25,26)27)29-21(31-19)32-8-1-2-9-32/h3-7,11-12H,1-2,8-10H2,(H,28,29,30,31). The number of aromatic nitrogens is 3. The second kappa shape index (κ2) is 9.52. The third kappa shape index (κ3) is 5.54. The van der Waals surface area contributed by atoms with Crippen LogP contribution in [0.5, 0.6) is 0 Å². The van der Waals surface area contributed by atoms with Crippen LogP contribution in [-0.4, -0.2) is 33.8 Å². The molecule has 1 N–H and O–H groups in total. The van der Waals surface area contributed by atoms with E-state index in [1.54, 1.807) is 35.2 Å². The molecule has 3 aromatic rings. The average molecular weight is 496 g/mol. The number of alkyl halides is 3. The van der Waals surface area contributed by atoms with Gasteiger partial charge in [-0.25, -0.2) is 9.97 Å². The molecule has 0 bridgehead atoms. The van der Waals surface area contributed by atoms with Crippen molar-refractivity contribution in [3.05, 3.63) is 69.5 Å². The van der Waals surface area contributed by atoms with Crippen LogP contribution in [0.25, 0.3) is 0 Å². The van der Waals surface area contributed by atoms with Crippen LogP contribution in [0.15, 0.2) is 42.6 Å². The molecule has 0 aliphatic carbocycles. The molecule has 0 radical (unpaired) electrons. The number of hydrogen-bond acceptors (Lipinski definition) is 6. The summed E-state index contributed by atoms with van der Waals surface area (Å²) in [7, 11) is 0. The first-order valence-corrected chi connectivity index (χ1v) is 10.9. The monoisotopic (exact) mass is 495 g/mol. The predicted molar refractivity (Wildman–Crippen MR) is 120 cm³/mol. The zero-order chi connectivity index (χ0) is 23.6. The average Bonchev–Trinajstić information content (AvgIpc) is 3.28. The van der Waals surface area contributed by atoms with Crippen LogP contribution in [-0.2, 0) is 12.6 Å². The minimum atomic E-state index is -4.62. The first kappa shape index (κ1) is 23.3. The molecule has 0 atom stereocenters. The molecule has 3 heterocycles. The van der Waals surface area contributed by atoms with Gasteiger partial charge in [-0.2, -0.15) is 18.2 Å². The van der Waals surface area contributed by atoms with Crippen LogP contribution < -0.4 is 10.2 Å². The molecule has 0 amide bonds. The van der Waals surface area contributed by atoms with Gasteiger partial charge in [-0.15, -0.1) is 0 Å². The predicted octanol–water partition coefficient (Wildman–Crippen LogP) is 5.97. The Labute approximate surface area is 197 Å². The van der Waals surface area contributed by atoms with Crippen molar-refractivity contribution in [3.8, 4) is 0 Å². The molecule has 0 spiro atoms. The van der Waals surface area contributed by atoms with E-state index in [2.05, 4.69) is 20.3 Å². The molecule has 0 unspecified atom stereocenters. The van der Waals surface area contributed by atoms with E-state index in [4.69, 9.17) is 23.2 Å². The topological polar surface area (TPSA) is 71.0 Å². The molecule has 172 valence electrons. The summed E-state index contributed by atoms with van der Waals surface area (Å²) in [6.07, 6.45) is -1.45. The molecule has 1 aliphatic heterocycles. The van der Waals surface area contributed by atoms with Gasteiger partial charge in [0.1, 0.15) is 11.6 Å². The number of benzene rings is 1. The summed E-state index contributed by atoms with van der Waals surface area (Å²) >= 11 is 12.2. The van der Waals surface area contributed by atoms with Crippen molar-refractivity contribution < 1.29 is 18.0 Å². The second-order valence-electron chi connectivity index (χ2n) is 7.50. The maximum absolute atomic E-state index is 13.4. The molecule has 1 saturated heterocycles. The van der Waals surface area contributed by atoms with E-state index in [1.807, 2.05) is 0 Å². The van der Waals surface area contributed by atoms with E-state index < -0.39 is 11.9 Å². The van der Waals surface area contributed by atoms with E-state index in [1.165, 1.54) is 6.20 Å². The van der Waals surface area contributed by atoms with Crippen LogP contribution in [0.1, 0.15) is 34.5 Å². The Morgan fingerprint density at radius 2 is 1.73 bits per heavy atom. The van der Waals surface area contributed by atoms with E-state index >= 15 is 0 Å². The smallest absolute Gasteiger partial charge is 0.341 e. The fourth-order valence-corrected chi connectivity index (χ4v) is 4.13. The summed E-state index contributed by atoms with van der Waals surface area (Å²) in [5.41, 5.74) is -0.243. The maximum atomic E-state index is 13.4. The summed E-state index contributed by atoms with van der Waals surface area (Å²) in [4.78, 5) is 26.5. The first-order chi connectivity index (χ1) is 15.7. The molecule has 6 nitrogen and oxygen atoms in total. The lowest BCUT2D eigenvalue weighted by Crippen LogP contribution is -2.23. The molecule has 4 rings (SSSR count). The van der Waals surface area contributed by atoms with Gasteiger partial charge in [-0.3, -0.25) is 4.79 Å². The van der Waals surface area contributed by atoms with Gasteiger partial charge in [-0.1, -0.05) is 29.3 Å². The molecule has 1 aliphatic rings. The summed E-state index contributed by atoms with van der Waals surface area (Å²) in [6.45, 7) is 1.20. The van der Waals surface area contributed by atoms with Crippen molar-refractivity contribution in [3.63, 3.8) is 0 Å². The highest BCUT2D eigenvalue weighted by molar-refractivity contribution is 6.39. The number of hydrogen-bond donors (Lipinski definition) is 1. The van der Waals surface area contributed by atoms with Gasteiger partial charge in [0.15, 0.2) is 11.5 Å². The van der Waals surface area contributed by atoms with Crippen LogP contribution in [0.4, 0.5) is 30.8 Å². The number of carbonyl (C=O) groups is 1. The minimum Gasteiger partial charge on any atom is -0.341 e. The molecule has 2 aromatic heterocycles. The number of pyridine rings is 1. The third-order valence-electron chi connectivity index (χ3n) is 5.08. The Bertz CT molecular complexity index is 1160. The lowest BCUT2D eigenvalue weighted by Gasteiger charge is -2.18. The van der Waals surface area contributed by atoms with E-state index in [0.29, 0.717) is 18.7 Å². The van der Waals surface area contributed by atoms with Gasteiger partial charge in [0.2, 0.25) is 5.95 Å². The fraction of sp³-hybridized carbons (Fsp3) is 0.273. The largest absolute Gasteiger partial charge is 0.433 e. The number of ketones is 1. The Kier molecular flexibility index (Phi) is 6.71. The fourth-order valence-electron chi connectivity index (χ4n) is 3.52. The normalized spacial score (nSPS) is 13.9. The lowest BCUT2D eigenvalue weighted by atomic mass is 10.0. The van der Waals surface area contributed by atoms with Gasteiger partial charge in [-0.05, 0) is 42.7 Å². The van der Waals surface area contributed by atoms with Gasteiger partial charge < -0.3 is 10.2 Å². The molecule has 1 fully saturated rings. The molecule has 1 aromatic carbocycles. The summed E-state index contributed by atoms with van der Waals surface area (Å²) in [5, 5.41) is 3.29. The number of anilines is 3.